The number of aldehydes is 1. The molecule has 0 fully saturated rings. The van der Waals surface area contributed by atoms with E-state index in [1.165, 1.54) is 0 Å². The minimum atomic E-state index is 0.654. The van der Waals surface area contributed by atoms with Crippen LogP contribution >= 0.6 is 0 Å². The predicted molar refractivity (Wildman–Crippen MR) is 37.9 cm³/mol. The van der Waals surface area contributed by atoms with Crippen molar-refractivity contribution < 1.29 is 4.79 Å². The molecule has 54 valence electrons. The summed E-state index contributed by atoms with van der Waals surface area (Å²) in [7, 11) is 0. The second kappa shape index (κ2) is 3.15. The number of hydrogen-bond donors (Lipinski definition) is 0. The molecule has 3 heteroatoms. The first kappa shape index (κ1) is 6.99. The van der Waals surface area contributed by atoms with Gasteiger partial charge in [-0.3, -0.25) is 9.48 Å². The third kappa shape index (κ3) is 1.23. The highest BCUT2D eigenvalue weighted by Crippen LogP contribution is 1.95. The molecule has 1 heterocycles. The van der Waals surface area contributed by atoms with Crippen molar-refractivity contribution in [1.29, 1.82) is 0 Å². The second-order valence-corrected chi connectivity index (χ2v) is 2.10. The van der Waals surface area contributed by atoms with Gasteiger partial charge in [-0.15, -0.1) is 0 Å². The summed E-state index contributed by atoms with van der Waals surface area (Å²) in [5, 5.41) is 3.96. The minimum absolute atomic E-state index is 0.654. The van der Waals surface area contributed by atoms with Crippen LogP contribution in [0.25, 0.3) is 0 Å². The normalized spacial score (nSPS) is 9.70. The van der Waals surface area contributed by atoms with Gasteiger partial charge in [0.05, 0.1) is 0 Å². The summed E-state index contributed by atoms with van der Waals surface area (Å²) in [6.45, 7) is 2.87. The molecule has 0 N–H and O–H groups in total. The third-order valence-corrected chi connectivity index (χ3v) is 1.31. The highest BCUT2D eigenvalue weighted by atomic mass is 16.1. The molecule has 0 spiro atoms. The van der Waals surface area contributed by atoms with Crippen LogP contribution in [-0.2, 0) is 6.54 Å². The highest BCUT2D eigenvalue weighted by Gasteiger charge is 1.96. The molecule has 1 aromatic heterocycles. The molecule has 1 aromatic rings. The zero-order valence-electron chi connectivity index (χ0n) is 5.95. The number of aryl methyl sites for hydroxylation is 1. The van der Waals surface area contributed by atoms with E-state index in [4.69, 9.17) is 0 Å². The fraction of sp³-hybridized carbons (Fsp3) is 0.429. The van der Waals surface area contributed by atoms with E-state index in [9.17, 15) is 4.79 Å². The van der Waals surface area contributed by atoms with E-state index in [1.54, 1.807) is 16.9 Å². The van der Waals surface area contributed by atoms with Gasteiger partial charge in [-0.05, 0) is 12.5 Å². The van der Waals surface area contributed by atoms with E-state index >= 15 is 0 Å². The molecule has 0 saturated heterocycles. The number of aromatic nitrogens is 2. The van der Waals surface area contributed by atoms with E-state index in [-0.39, 0.29) is 0 Å². The first-order valence-electron chi connectivity index (χ1n) is 3.35. The van der Waals surface area contributed by atoms with Crippen molar-refractivity contribution in [1.82, 2.24) is 9.78 Å². The maximum absolute atomic E-state index is 10.3. The molecule has 0 amide bonds. The van der Waals surface area contributed by atoms with Crippen LogP contribution in [0.1, 0.15) is 23.8 Å². The largest absolute Gasteiger partial charge is 0.296 e. The molecular weight excluding hydrogens is 128 g/mol. The van der Waals surface area contributed by atoms with Crippen LogP contribution < -0.4 is 0 Å². The average Bonchev–Trinajstić information content (AvgIpc) is 2.36. The van der Waals surface area contributed by atoms with Crippen molar-refractivity contribution in [2.75, 3.05) is 0 Å². The molecule has 0 saturated carbocycles. The Kier molecular flexibility index (Phi) is 2.20. The molecule has 3 nitrogen and oxygen atoms in total. The Balaban J connectivity index is 2.79. The smallest absolute Gasteiger partial charge is 0.168 e. The van der Waals surface area contributed by atoms with Crippen molar-refractivity contribution >= 4 is 6.29 Å². The van der Waals surface area contributed by atoms with E-state index in [0.717, 1.165) is 19.3 Å². The first-order chi connectivity index (χ1) is 4.88. The fourth-order valence-corrected chi connectivity index (χ4v) is 0.842. The summed E-state index contributed by atoms with van der Waals surface area (Å²) < 4.78 is 1.70. The van der Waals surface area contributed by atoms with Crippen molar-refractivity contribution in [3.8, 4) is 0 Å². The average molecular weight is 138 g/mol. The first-order valence-corrected chi connectivity index (χ1v) is 3.35. The Bertz CT molecular complexity index is 217. The molecular formula is C7H10N2O. The summed E-state index contributed by atoms with van der Waals surface area (Å²) in [5.41, 5.74) is 0.654. The topological polar surface area (TPSA) is 34.9 Å². The van der Waals surface area contributed by atoms with E-state index < -0.39 is 0 Å². The zero-order valence-corrected chi connectivity index (χ0v) is 5.95. The lowest BCUT2D eigenvalue weighted by atomic mass is 10.4. The zero-order chi connectivity index (χ0) is 7.40. The van der Waals surface area contributed by atoms with Gasteiger partial charge in [0.25, 0.3) is 0 Å². The Morgan fingerprint density at radius 1 is 1.80 bits per heavy atom. The molecule has 0 aliphatic carbocycles. The maximum Gasteiger partial charge on any atom is 0.168 e. The SMILES string of the molecule is CCCn1nccc1C=O. The summed E-state index contributed by atoms with van der Waals surface area (Å²) in [5.74, 6) is 0. The van der Waals surface area contributed by atoms with Gasteiger partial charge in [-0.25, -0.2) is 0 Å². The van der Waals surface area contributed by atoms with Crippen LogP contribution in [0.5, 0.6) is 0 Å². The fourth-order valence-electron chi connectivity index (χ4n) is 0.842. The lowest BCUT2D eigenvalue weighted by Crippen LogP contribution is -2.02. The van der Waals surface area contributed by atoms with Crippen molar-refractivity contribution in [3.05, 3.63) is 18.0 Å². The standard InChI is InChI=1S/C7H10N2O/c1-2-5-9-7(6-10)3-4-8-9/h3-4,6H,2,5H2,1H3. The summed E-state index contributed by atoms with van der Waals surface area (Å²) in [4.78, 5) is 10.3. The monoisotopic (exact) mass is 138 g/mol. The van der Waals surface area contributed by atoms with Gasteiger partial charge >= 0.3 is 0 Å². The molecule has 0 unspecified atom stereocenters. The van der Waals surface area contributed by atoms with Gasteiger partial charge in [-0.1, -0.05) is 6.92 Å². The van der Waals surface area contributed by atoms with Crippen LogP contribution in [0, 0.1) is 0 Å². The van der Waals surface area contributed by atoms with Crippen LogP contribution in [0.15, 0.2) is 12.3 Å². The number of carbonyl (C=O) groups is 1. The summed E-state index contributed by atoms with van der Waals surface area (Å²) in [6.07, 6.45) is 3.46. The van der Waals surface area contributed by atoms with Crippen LogP contribution in [0.2, 0.25) is 0 Å². The van der Waals surface area contributed by atoms with Crippen LogP contribution in [-0.4, -0.2) is 16.1 Å². The van der Waals surface area contributed by atoms with Gasteiger partial charge in [0.1, 0.15) is 5.69 Å². The van der Waals surface area contributed by atoms with Crippen molar-refractivity contribution in [2.24, 2.45) is 0 Å². The number of carbonyl (C=O) groups excluding carboxylic acids is 1. The molecule has 0 aliphatic rings. The quantitative estimate of drug-likeness (QED) is 0.586. The lowest BCUT2D eigenvalue weighted by molar-refractivity contribution is 0.111. The Morgan fingerprint density at radius 3 is 3.20 bits per heavy atom. The number of nitrogens with zero attached hydrogens (tertiary/aromatic N) is 2. The minimum Gasteiger partial charge on any atom is -0.296 e. The summed E-state index contributed by atoms with van der Waals surface area (Å²) in [6, 6.07) is 1.71. The second-order valence-electron chi connectivity index (χ2n) is 2.10. The van der Waals surface area contributed by atoms with Gasteiger partial charge in [0, 0.05) is 12.7 Å². The molecule has 0 atom stereocenters. The van der Waals surface area contributed by atoms with Gasteiger partial charge < -0.3 is 0 Å². The van der Waals surface area contributed by atoms with Gasteiger partial charge in [0.15, 0.2) is 6.29 Å². The maximum atomic E-state index is 10.3. The van der Waals surface area contributed by atoms with Gasteiger partial charge in [-0.2, -0.15) is 5.10 Å². The molecule has 0 radical (unpaired) electrons. The molecule has 10 heavy (non-hydrogen) atoms. The number of hydrogen-bond acceptors (Lipinski definition) is 2. The van der Waals surface area contributed by atoms with E-state index in [2.05, 4.69) is 12.0 Å². The van der Waals surface area contributed by atoms with Crippen LogP contribution in [0.4, 0.5) is 0 Å². The van der Waals surface area contributed by atoms with Crippen LogP contribution in [0.3, 0.4) is 0 Å². The summed E-state index contributed by atoms with van der Waals surface area (Å²) >= 11 is 0. The third-order valence-electron chi connectivity index (χ3n) is 1.31. The Hall–Kier alpha value is -1.12. The van der Waals surface area contributed by atoms with Crippen molar-refractivity contribution in [2.45, 2.75) is 19.9 Å². The van der Waals surface area contributed by atoms with E-state index in [0.29, 0.717) is 5.69 Å². The van der Waals surface area contributed by atoms with Crippen molar-refractivity contribution in [3.63, 3.8) is 0 Å². The molecule has 0 aromatic carbocycles. The van der Waals surface area contributed by atoms with Gasteiger partial charge in [0.2, 0.25) is 0 Å². The van der Waals surface area contributed by atoms with E-state index in [1.807, 2.05) is 0 Å². The number of rotatable bonds is 3. The Morgan fingerprint density at radius 2 is 2.60 bits per heavy atom. The molecule has 0 bridgehead atoms. The molecule has 0 aliphatic heterocycles. The Labute approximate surface area is 59.7 Å². The molecule has 1 rings (SSSR count). The highest BCUT2D eigenvalue weighted by molar-refractivity contribution is 5.71. The lowest BCUT2D eigenvalue weighted by Gasteiger charge is -1.97. The predicted octanol–water partition coefficient (Wildman–Crippen LogP) is 1.11.